The third kappa shape index (κ3) is 2.03. The lowest BCUT2D eigenvalue weighted by Gasteiger charge is -2.13. The second-order valence-corrected chi connectivity index (χ2v) is 2.76. The number of hydrogen-bond acceptors (Lipinski definition) is 0. The van der Waals surface area contributed by atoms with Crippen molar-refractivity contribution in [2.45, 2.75) is 25.7 Å². The molecule has 0 radical (unpaired) electrons. The fourth-order valence-corrected chi connectivity index (χ4v) is 1.26. The Morgan fingerprint density at radius 3 is 2.17 bits per heavy atom. The maximum Gasteiger partial charge on any atom is 0.245 e. The maximum absolute atomic E-state index is 12.4. The summed E-state index contributed by atoms with van der Waals surface area (Å²) in [6.07, 6.45) is -1.76. The molecule has 0 heterocycles. The van der Waals surface area contributed by atoms with E-state index < -0.39 is 12.3 Å². The van der Waals surface area contributed by atoms with Crippen LogP contribution < -0.4 is 0 Å². The Balaban J connectivity index is 2.80. The largest absolute Gasteiger partial charge is 0.245 e. The molecule has 0 aliphatic heterocycles. The summed E-state index contributed by atoms with van der Waals surface area (Å²) in [4.78, 5) is 0. The standard InChI is InChI=1S/C10H12F2/c1-2-9(10(11)12)8-6-4-3-5-7-8/h3-7,9-10H,2H2,1H3. The topological polar surface area (TPSA) is 0 Å². The van der Waals surface area contributed by atoms with E-state index in [2.05, 4.69) is 0 Å². The van der Waals surface area contributed by atoms with Gasteiger partial charge in [-0.2, -0.15) is 0 Å². The molecule has 0 aliphatic rings. The molecule has 0 fully saturated rings. The van der Waals surface area contributed by atoms with E-state index in [0.29, 0.717) is 6.42 Å². The molecule has 0 amide bonds. The van der Waals surface area contributed by atoms with Crippen molar-refractivity contribution < 1.29 is 8.78 Å². The van der Waals surface area contributed by atoms with Crippen molar-refractivity contribution in [1.82, 2.24) is 0 Å². The van der Waals surface area contributed by atoms with E-state index in [9.17, 15) is 8.78 Å². The summed E-state index contributed by atoms with van der Waals surface area (Å²) in [5, 5.41) is 0. The highest BCUT2D eigenvalue weighted by Crippen LogP contribution is 2.25. The van der Waals surface area contributed by atoms with Gasteiger partial charge in [-0.25, -0.2) is 8.78 Å². The number of benzene rings is 1. The Labute approximate surface area is 71.2 Å². The van der Waals surface area contributed by atoms with Crippen LogP contribution in [0.2, 0.25) is 0 Å². The molecule has 1 atom stereocenters. The zero-order chi connectivity index (χ0) is 8.97. The highest BCUT2D eigenvalue weighted by Gasteiger charge is 2.19. The Morgan fingerprint density at radius 2 is 1.75 bits per heavy atom. The van der Waals surface area contributed by atoms with Gasteiger partial charge in [0, 0.05) is 5.92 Å². The van der Waals surface area contributed by atoms with E-state index in [-0.39, 0.29) is 0 Å². The van der Waals surface area contributed by atoms with Crippen LogP contribution >= 0.6 is 0 Å². The molecular weight excluding hydrogens is 158 g/mol. The van der Waals surface area contributed by atoms with E-state index in [1.807, 2.05) is 6.07 Å². The molecule has 1 aromatic carbocycles. The van der Waals surface area contributed by atoms with E-state index in [1.54, 1.807) is 31.2 Å². The van der Waals surface area contributed by atoms with Gasteiger partial charge in [-0.15, -0.1) is 0 Å². The zero-order valence-corrected chi connectivity index (χ0v) is 7.00. The molecule has 1 rings (SSSR count). The first kappa shape index (κ1) is 9.17. The smallest absolute Gasteiger partial charge is 0.210 e. The lowest BCUT2D eigenvalue weighted by molar-refractivity contribution is 0.112. The van der Waals surface area contributed by atoms with Crippen molar-refractivity contribution in [2.75, 3.05) is 0 Å². The minimum atomic E-state index is -2.25. The minimum absolute atomic E-state index is 0.488. The van der Waals surface area contributed by atoms with E-state index in [0.717, 1.165) is 5.56 Å². The van der Waals surface area contributed by atoms with Gasteiger partial charge in [0.2, 0.25) is 6.43 Å². The SMILES string of the molecule is CCC(c1ccccc1)C(F)F. The molecule has 0 nitrogen and oxygen atoms in total. The molecule has 0 spiro atoms. The Morgan fingerprint density at radius 1 is 1.17 bits per heavy atom. The fraction of sp³-hybridized carbons (Fsp3) is 0.400. The Kier molecular flexibility index (Phi) is 3.20. The van der Waals surface area contributed by atoms with Crippen LogP contribution in [0.4, 0.5) is 8.78 Å². The van der Waals surface area contributed by atoms with Crippen LogP contribution in [0.3, 0.4) is 0 Å². The number of hydrogen-bond donors (Lipinski definition) is 0. The van der Waals surface area contributed by atoms with Crippen molar-refractivity contribution >= 4 is 0 Å². The van der Waals surface area contributed by atoms with Crippen LogP contribution in [0.15, 0.2) is 30.3 Å². The molecule has 1 unspecified atom stereocenters. The highest BCUT2D eigenvalue weighted by atomic mass is 19.3. The molecule has 0 aliphatic carbocycles. The van der Waals surface area contributed by atoms with E-state index >= 15 is 0 Å². The monoisotopic (exact) mass is 170 g/mol. The van der Waals surface area contributed by atoms with Gasteiger partial charge in [-0.1, -0.05) is 37.3 Å². The zero-order valence-electron chi connectivity index (χ0n) is 7.00. The molecular formula is C10H12F2. The van der Waals surface area contributed by atoms with Gasteiger partial charge >= 0.3 is 0 Å². The maximum atomic E-state index is 12.4. The normalized spacial score (nSPS) is 13.3. The number of alkyl halides is 2. The number of halogens is 2. The first-order valence-corrected chi connectivity index (χ1v) is 4.08. The second kappa shape index (κ2) is 4.19. The molecule has 0 bridgehead atoms. The van der Waals surface area contributed by atoms with Gasteiger partial charge in [0.1, 0.15) is 0 Å². The molecule has 0 N–H and O–H groups in total. The number of rotatable bonds is 3. The quantitative estimate of drug-likeness (QED) is 0.651. The average Bonchev–Trinajstić information content (AvgIpc) is 2.07. The molecule has 12 heavy (non-hydrogen) atoms. The van der Waals surface area contributed by atoms with Crippen LogP contribution in [0.5, 0.6) is 0 Å². The third-order valence-corrected chi connectivity index (χ3v) is 1.97. The Bertz CT molecular complexity index is 219. The molecule has 66 valence electrons. The summed E-state index contributed by atoms with van der Waals surface area (Å²) in [5.74, 6) is -0.605. The highest BCUT2D eigenvalue weighted by molar-refractivity contribution is 5.19. The molecule has 1 aromatic rings. The van der Waals surface area contributed by atoms with E-state index in [4.69, 9.17) is 0 Å². The van der Waals surface area contributed by atoms with Gasteiger partial charge in [0.15, 0.2) is 0 Å². The summed E-state index contributed by atoms with van der Waals surface area (Å²) in [5.41, 5.74) is 0.731. The molecule has 2 heteroatoms. The summed E-state index contributed by atoms with van der Waals surface area (Å²) < 4.78 is 24.8. The van der Waals surface area contributed by atoms with Crippen LogP contribution in [-0.4, -0.2) is 6.43 Å². The van der Waals surface area contributed by atoms with Gasteiger partial charge in [0.05, 0.1) is 0 Å². The average molecular weight is 170 g/mol. The van der Waals surface area contributed by atoms with Crippen molar-refractivity contribution in [3.05, 3.63) is 35.9 Å². The predicted octanol–water partition coefficient (Wildman–Crippen LogP) is 3.45. The fourth-order valence-electron chi connectivity index (χ4n) is 1.26. The summed E-state index contributed by atoms with van der Waals surface area (Å²) in [7, 11) is 0. The van der Waals surface area contributed by atoms with Gasteiger partial charge < -0.3 is 0 Å². The van der Waals surface area contributed by atoms with Crippen LogP contribution in [0.1, 0.15) is 24.8 Å². The van der Waals surface area contributed by atoms with Gasteiger partial charge in [0.25, 0.3) is 0 Å². The lowest BCUT2D eigenvalue weighted by Crippen LogP contribution is -2.07. The van der Waals surface area contributed by atoms with Crippen molar-refractivity contribution in [2.24, 2.45) is 0 Å². The van der Waals surface area contributed by atoms with Gasteiger partial charge in [-0.3, -0.25) is 0 Å². The predicted molar refractivity (Wildman–Crippen MR) is 45.5 cm³/mol. The summed E-state index contributed by atoms with van der Waals surface area (Å²) in [6.45, 7) is 1.78. The first-order valence-electron chi connectivity index (χ1n) is 4.08. The van der Waals surface area contributed by atoms with Crippen LogP contribution in [0.25, 0.3) is 0 Å². The third-order valence-electron chi connectivity index (χ3n) is 1.97. The lowest BCUT2D eigenvalue weighted by atomic mass is 9.97. The van der Waals surface area contributed by atoms with Crippen molar-refractivity contribution in [3.8, 4) is 0 Å². The van der Waals surface area contributed by atoms with Gasteiger partial charge in [-0.05, 0) is 12.0 Å². The molecule has 0 aromatic heterocycles. The minimum Gasteiger partial charge on any atom is -0.210 e. The Hall–Kier alpha value is -0.920. The van der Waals surface area contributed by atoms with Crippen LogP contribution in [-0.2, 0) is 0 Å². The second-order valence-electron chi connectivity index (χ2n) is 2.76. The van der Waals surface area contributed by atoms with Crippen molar-refractivity contribution in [1.29, 1.82) is 0 Å². The molecule has 0 saturated carbocycles. The summed E-state index contributed by atoms with van der Waals surface area (Å²) >= 11 is 0. The van der Waals surface area contributed by atoms with E-state index in [1.165, 1.54) is 0 Å². The van der Waals surface area contributed by atoms with Crippen LogP contribution in [0, 0.1) is 0 Å². The first-order chi connectivity index (χ1) is 5.75. The van der Waals surface area contributed by atoms with Crippen molar-refractivity contribution in [3.63, 3.8) is 0 Å². The molecule has 0 saturated heterocycles. The summed E-state index contributed by atoms with van der Waals surface area (Å²) in [6, 6.07) is 8.92.